The van der Waals surface area contributed by atoms with Crippen molar-refractivity contribution in [2.75, 3.05) is 13.2 Å². The molecule has 2 atom stereocenters. The minimum absolute atomic E-state index is 0.0121. The Balaban J connectivity index is 3.37. The quantitative estimate of drug-likeness (QED) is 0.0418. The number of hydrogen-bond donors (Lipinski definition) is 3. The molecule has 6 nitrogen and oxygen atoms in total. The highest BCUT2D eigenvalue weighted by Crippen LogP contribution is 2.18. The van der Waals surface area contributed by atoms with Crippen LogP contribution in [0, 0.1) is 0 Å². The maximum absolute atomic E-state index is 12.5. The van der Waals surface area contributed by atoms with Crippen molar-refractivity contribution in [1.82, 2.24) is 5.32 Å². The summed E-state index contributed by atoms with van der Waals surface area (Å²) in [5.41, 5.74) is 0. The van der Waals surface area contributed by atoms with E-state index < -0.39 is 12.1 Å². The number of hydrogen-bond acceptors (Lipinski definition) is 5. The number of nitrogens with one attached hydrogen (secondary N) is 1. The predicted molar refractivity (Wildman–Crippen MR) is 274 cm³/mol. The summed E-state index contributed by atoms with van der Waals surface area (Å²) in [4.78, 5) is 24.5. The van der Waals surface area contributed by atoms with Crippen LogP contribution in [0.25, 0.3) is 0 Å². The fraction of sp³-hybridized carbons (Fsp3) is 0.965. The van der Waals surface area contributed by atoms with Crippen LogP contribution in [0.3, 0.4) is 0 Å². The van der Waals surface area contributed by atoms with Gasteiger partial charge in [-0.15, -0.1) is 0 Å². The lowest BCUT2D eigenvalue weighted by molar-refractivity contribution is -0.143. The third kappa shape index (κ3) is 50.1. The van der Waals surface area contributed by atoms with Gasteiger partial charge in [-0.3, -0.25) is 9.59 Å². The molecule has 6 heteroatoms. The van der Waals surface area contributed by atoms with Crippen molar-refractivity contribution in [1.29, 1.82) is 0 Å². The molecule has 0 aliphatic rings. The first-order valence-corrected chi connectivity index (χ1v) is 28.8. The maximum Gasteiger partial charge on any atom is 0.305 e. The summed E-state index contributed by atoms with van der Waals surface area (Å²) in [5.74, 6) is -0.0239. The van der Waals surface area contributed by atoms with Gasteiger partial charge in [-0.2, -0.15) is 0 Å². The van der Waals surface area contributed by atoms with Gasteiger partial charge in [0, 0.05) is 12.8 Å². The molecule has 0 saturated carbocycles. The Morgan fingerprint density at radius 1 is 0.381 bits per heavy atom. The van der Waals surface area contributed by atoms with Crippen molar-refractivity contribution in [2.45, 2.75) is 341 Å². The zero-order valence-electron chi connectivity index (χ0n) is 42.8. The van der Waals surface area contributed by atoms with E-state index in [-0.39, 0.29) is 18.5 Å². The number of unbranched alkanes of at least 4 members (excludes halogenated alkanes) is 43. The first-order chi connectivity index (χ1) is 31.0. The molecule has 3 N–H and O–H groups in total. The monoisotopic (exact) mass is 892 g/mol. The number of carbonyl (C=O) groups is 2. The minimum Gasteiger partial charge on any atom is -0.466 e. The third-order valence-electron chi connectivity index (χ3n) is 13.7. The second kappa shape index (κ2) is 53.5. The van der Waals surface area contributed by atoms with E-state index in [4.69, 9.17) is 4.74 Å². The number of rotatable bonds is 54. The van der Waals surface area contributed by atoms with Crippen LogP contribution in [-0.4, -0.2) is 47.4 Å². The Morgan fingerprint density at radius 3 is 0.968 bits per heavy atom. The molecule has 63 heavy (non-hydrogen) atoms. The first kappa shape index (κ1) is 61.9. The Labute approximate surface area is 394 Å². The fourth-order valence-electron chi connectivity index (χ4n) is 9.23. The first-order valence-electron chi connectivity index (χ1n) is 28.8. The van der Waals surface area contributed by atoms with Gasteiger partial charge < -0.3 is 20.3 Å². The smallest absolute Gasteiger partial charge is 0.305 e. The maximum atomic E-state index is 12.5. The van der Waals surface area contributed by atoms with Crippen molar-refractivity contribution in [3.8, 4) is 0 Å². The molecular formula is C57H113NO5. The van der Waals surface area contributed by atoms with E-state index in [1.54, 1.807) is 0 Å². The molecule has 0 aromatic rings. The number of esters is 1. The van der Waals surface area contributed by atoms with Gasteiger partial charge >= 0.3 is 5.97 Å². The highest BCUT2D eigenvalue weighted by molar-refractivity contribution is 5.76. The van der Waals surface area contributed by atoms with Crippen molar-refractivity contribution >= 4 is 11.9 Å². The average Bonchev–Trinajstić information content (AvgIpc) is 3.28. The van der Waals surface area contributed by atoms with Gasteiger partial charge in [0.25, 0.3) is 0 Å². The fourth-order valence-corrected chi connectivity index (χ4v) is 9.23. The lowest BCUT2D eigenvalue weighted by atomic mass is 10.0. The van der Waals surface area contributed by atoms with Gasteiger partial charge in [-0.25, -0.2) is 0 Å². The van der Waals surface area contributed by atoms with Crippen LogP contribution >= 0.6 is 0 Å². The summed E-state index contributed by atoms with van der Waals surface area (Å²) in [6.07, 6.45) is 60.9. The van der Waals surface area contributed by atoms with E-state index >= 15 is 0 Å². The number of amides is 1. The van der Waals surface area contributed by atoms with Crippen LogP contribution in [0.1, 0.15) is 328 Å². The highest BCUT2D eigenvalue weighted by atomic mass is 16.5. The largest absolute Gasteiger partial charge is 0.466 e. The minimum atomic E-state index is -0.664. The lowest BCUT2D eigenvalue weighted by Crippen LogP contribution is -2.45. The molecule has 0 aliphatic carbocycles. The summed E-state index contributed by atoms with van der Waals surface area (Å²) < 4.78 is 5.48. The van der Waals surface area contributed by atoms with Crippen molar-refractivity contribution < 1.29 is 24.5 Å². The van der Waals surface area contributed by atoms with E-state index in [1.807, 2.05) is 0 Å². The molecule has 2 unspecified atom stereocenters. The second-order valence-electron chi connectivity index (χ2n) is 20.0. The summed E-state index contributed by atoms with van der Waals surface area (Å²) in [6, 6.07) is -0.541. The SMILES string of the molecule is CCCCCCCCCCCCCCCCC(=O)OCCCCCCCCCCCCCCCCCCCCCC(=O)NC(CO)C(O)CCCCCCCCCCCCCCC. The Kier molecular flexibility index (Phi) is 52.5. The number of aliphatic hydroxyl groups excluding tert-OH is 2. The molecule has 0 heterocycles. The van der Waals surface area contributed by atoms with E-state index in [9.17, 15) is 19.8 Å². The van der Waals surface area contributed by atoms with E-state index in [0.29, 0.717) is 25.9 Å². The molecule has 0 aromatic heterocycles. The van der Waals surface area contributed by atoms with Gasteiger partial charge in [0.1, 0.15) is 0 Å². The standard InChI is InChI=1S/C57H113NO5/c1-3-5-7-9-11-13-15-17-27-31-35-39-43-47-51-57(62)63-52-48-44-40-36-32-28-24-22-20-18-19-21-23-26-30-34-38-42-46-50-56(61)58-54(53-59)55(60)49-45-41-37-33-29-25-16-14-12-10-8-6-4-2/h54-55,59-60H,3-53H2,1-2H3,(H,58,61). The zero-order valence-corrected chi connectivity index (χ0v) is 42.8. The normalized spacial score (nSPS) is 12.5. The van der Waals surface area contributed by atoms with Crippen LogP contribution in [-0.2, 0) is 14.3 Å². The Hall–Kier alpha value is -1.14. The number of aliphatic hydroxyl groups is 2. The van der Waals surface area contributed by atoms with Crippen LogP contribution in [0.5, 0.6) is 0 Å². The molecular weight excluding hydrogens is 779 g/mol. The molecule has 0 saturated heterocycles. The van der Waals surface area contributed by atoms with Gasteiger partial charge in [-0.1, -0.05) is 290 Å². The summed E-state index contributed by atoms with van der Waals surface area (Å²) >= 11 is 0. The lowest BCUT2D eigenvalue weighted by Gasteiger charge is -2.22. The van der Waals surface area contributed by atoms with Crippen molar-refractivity contribution in [3.63, 3.8) is 0 Å². The van der Waals surface area contributed by atoms with Crippen LogP contribution in [0.4, 0.5) is 0 Å². The predicted octanol–water partition coefficient (Wildman–Crippen LogP) is 17.5. The van der Waals surface area contributed by atoms with Gasteiger partial charge in [-0.05, 0) is 25.7 Å². The molecule has 0 fully saturated rings. The van der Waals surface area contributed by atoms with E-state index in [0.717, 1.165) is 38.5 Å². The van der Waals surface area contributed by atoms with Gasteiger partial charge in [0.15, 0.2) is 0 Å². The highest BCUT2D eigenvalue weighted by Gasteiger charge is 2.20. The molecule has 0 aliphatic heterocycles. The molecule has 0 aromatic carbocycles. The average molecular weight is 893 g/mol. The van der Waals surface area contributed by atoms with Crippen molar-refractivity contribution in [2.24, 2.45) is 0 Å². The third-order valence-corrected chi connectivity index (χ3v) is 13.7. The van der Waals surface area contributed by atoms with Gasteiger partial charge in [0.2, 0.25) is 5.91 Å². The Bertz CT molecular complexity index is 898. The summed E-state index contributed by atoms with van der Waals surface area (Å²) in [7, 11) is 0. The second-order valence-corrected chi connectivity index (χ2v) is 20.0. The molecule has 0 spiro atoms. The molecule has 0 bridgehead atoms. The molecule has 0 radical (unpaired) electrons. The Morgan fingerprint density at radius 2 is 0.651 bits per heavy atom. The number of carbonyl (C=O) groups excluding carboxylic acids is 2. The topological polar surface area (TPSA) is 95.9 Å². The summed E-state index contributed by atoms with van der Waals surface area (Å²) in [6.45, 7) is 4.97. The molecule has 376 valence electrons. The van der Waals surface area contributed by atoms with Crippen molar-refractivity contribution in [3.05, 3.63) is 0 Å². The van der Waals surface area contributed by atoms with E-state index in [1.165, 1.54) is 257 Å². The number of ether oxygens (including phenoxy) is 1. The van der Waals surface area contributed by atoms with Crippen LogP contribution < -0.4 is 5.32 Å². The molecule has 1 amide bonds. The molecule has 0 rings (SSSR count). The van der Waals surface area contributed by atoms with E-state index in [2.05, 4.69) is 19.2 Å². The zero-order chi connectivity index (χ0) is 45.8. The van der Waals surface area contributed by atoms with Gasteiger partial charge in [0.05, 0.1) is 25.4 Å². The van der Waals surface area contributed by atoms with Crippen LogP contribution in [0.2, 0.25) is 0 Å². The summed E-state index contributed by atoms with van der Waals surface area (Å²) in [5, 5.41) is 23.2. The van der Waals surface area contributed by atoms with Crippen LogP contribution in [0.15, 0.2) is 0 Å².